The van der Waals surface area contributed by atoms with Gasteiger partial charge >= 0.3 is 6.18 Å². The van der Waals surface area contributed by atoms with Gasteiger partial charge in [0.1, 0.15) is 11.5 Å². The van der Waals surface area contributed by atoms with Gasteiger partial charge in [-0.1, -0.05) is 0 Å². The molecule has 6 nitrogen and oxygen atoms in total. The SMILES string of the molecule is C=N/C(=C\N=CC)c1ccc(NC(=O)Cc2cc(-c3ccnc(C(F)(F)F)c3)cs2)nc1. The number of aliphatic imine (C=N–C) groups is 2. The van der Waals surface area contributed by atoms with Crippen LogP contribution in [0.4, 0.5) is 19.0 Å². The molecule has 0 unspecified atom stereocenters. The molecule has 0 aromatic carbocycles. The van der Waals surface area contributed by atoms with Gasteiger partial charge in [0.2, 0.25) is 5.91 Å². The van der Waals surface area contributed by atoms with E-state index in [4.69, 9.17) is 0 Å². The largest absolute Gasteiger partial charge is 0.433 e. The Morgan fingerprint density at radius 1 is 1.22 bits per heavy atom. The van der Waals surface area contributed by atoms with Crippen LogP contribution in [0.5, 0.6) is 0 Å². The van der Waals surface area contributed by atoms with Gasteiger partial charge in [0, 0.05) is 29.0 Å². The molecule has 0 bridgehead atoms. The van der Waals surface area contributed by atoms with Crippen molar-refractivity contribution in [3.63, 3.8) is 0 Å². The highest BCUT2D eigenvalue weighted by Crippen LogP contribution is 2.32. The predicted molar refractivity (Wildman–Crippen MR) is 121 cm³/mol. The minimum absolute atomic E-state index is 0.0654. The molecule has 3 aromatic heterocycles. The second kappa shape index (κ2) is 10.1. The maximum absolute atomic E-state index is 12.9. The molecule has 3 rings (SSSR count). The van der Waals surface area contributed by atoms with Gasteiger partial charge in [-0.15, -0.1) is 11.3 Å². The molecule has 0 aliphatic rings. The molecule has 10 heteroatoms. The third-order valence-electron chi connectivity index (χ3n) is 4.22. The lowest BCUT2D eigenvalue weighted by Gasteiger charge is -2.06. The summed E-state index contributed by atoms with van der Waals surface area (Å²) in [6.45, 7) is 5.28. The Morgan fingerprint density at radius 3 is 2.69 bits per heavy atom. The van der Waals surface area contributed by atoms with Gasteiger partial charge in [0.05, 0.1) is 18.3 Å². The number of hydrogen-bond acceptors (Lipinski definition) is 6. The van der Waals surface area contributed by atoms with Crippen LogP contribution in [0.2, 0.25) is 0 Å². The van der Waals surface area contributed by atoms with Crippen LogP contribution >= 0.6 is 11.3 Å². The summed E-state index contributed by atoms with van der Waals surface area (Å²) >= 11 is 1.29. The number of nitrogens with one attached hydrogen (secondary N) is 1. The van der Waals surface area contributed by atoms with Gasteiger partial charge in [-0.25, -0.2) is 4.98 Å². The number of alkyl halides is 3. The number of carbonyl (C=O) groups excluding carboxylic acids is 1. The van der Waals surface area contributed by atoms with Crippen molar-refractivity contribution in [3.05, 3.63) is 70.4 Å². The first-order chi connectivity index (χ1) is 15.3. The zero-order valence-electron chi connectivity index (χ0n) is 16.9. The number of pyridine rings is 2. The fourth-order valence-electron chi connectivity index (χ4n) is 2.71. The van der Waals surface area contributed by atoms with E-state index in [0.717, 1.165) is 12.3 Å². The van der Waals surface area contributed by atoms with Crippen molar-refractivity contribution in [2.24, 2.45) is 9.98 Å². The minimum atomic E-state index is -4.52. The first-order valence-corrected chi connectivity index (χ1v) is 10.2. The number of thiophene rings is 1. The summed E-state index contributed by atoms with van der Waals surface area (Å²) in [5.41, 5.74) is 1.27. The summed E-state index contributed by atoms with van der Waals surface area (Å²) in [7, 11) is 0. The molecular weight excluding hydrogens is 439 g/mol. The first kappa shape index (κ1) is 23.0. The maximum atomic E-state index is 12.9. The van der Waals surface area contributed by atoms with E-state index in [-0.39, 0.29) is 12.3 Å². The molecule has 0 aliphatic heterocycles. The molecule has 3 aromatic rings. The highest BCUT2D eigenvalue weighted by molar-refractivity contribution is 7.10. The number of anilines is 1. The predicted octanol–water partition coefficient (Wildman–Crippen LogP) is 5.49. The van der Waals surface area contributed by atoms with Crippen LogP contribution in [0.15, 0.2) is 64.3 Å². The molecule has 3 heterocycles. The number of hydrogen-bond donors (Lipinski definition) is 1. The standard InChI is InChI=1S/C22H18F3N5OS/c1-3-27-12-18(26-2)15-4-5-20(29-11-15)30-21(31)10-17-8-16(13-32-17)14-6-7-28-19(9-14)22(23,24)25/h3-9,11-13H,2,10H2,1H3,(H,29,30,31)/b18-12-,27-3?. The van der Waals surface area contributed by atoms with Crippen LogP contribution in [-0.4, -0.2) is 28.8 Å². The Balaban J connectivity index is 1.65. The molecule has 0 aliphatic carbocycles. The number of carbonyl (C=O) groups is 1. The van der Waals surface area contributed by atoms with Gasteiger partial charge in [0.15, 0.2) is 0 Å². The van der Waals surface area contributed by atoms with Crippen LogP contribution in [0.3, 0.4) is 0 Å². The van der Waals surface area contributed by atoms with Gasteiger partial charge in [-0.3, -0.25) is 19.8 Å². The Morgan fingerprint density at radius 2 is 2.03 bits per heavy atom. The third kappa shape index (κ3) is 5.94. The highest BCUT2D eigenvalue weighted by atomic mass is 32.1. The van der Waals surface area contributed by atoms with E-state index < -0.39 is 11.9 Å². The van der Waals surface area contributed by atoms with Gasteiger partial charge in [-0.2, -0.15) is 13.2 Å². The van der Waals surface area contributed by atoms with Crippen molar-refractivity contribution >= 4 is 41.7 Å². The monoisotopic (exact) mass is 457 g/mol. The normalized spacial score (nSPS) is 12.2. The number of amides is 1. The topological polar surface area (TPSA) is 79.6 Å². The lowest BCUT2D eigenvalue weighted by Crippen LogP contribution is -2.14. The summed E-state index contributed by atoms with van der Waals surface area (Å²) < 4.78 is 38.6. The minimum Gasteiger partial charge on any atom is -0.310 e. The van der Waals surface area contributed by atoms with Crippen molar-refractivity contribution in [2.75, 3.05) is 5.32 Å². The van der Waals surface area contributed by atoms with Crippen molar-refractivity contribution in [2.45, 2.75) is 19.5 Å². The van der Waals surface area contributed by atoms with Crippen LogP contribution in [0.25, 0.3) is 16.8 Å². The van der Waals surface area contributed by atoms with Crippen LogP contribution in [-0.2, 0) is 17.4 Å². The zero-order chi connectivity index (χ0) is 23.1. The molecule has 0 fully saturated rings. The lowest BCUT2D eigenvalue weighted by molar-refractivity contribution is -0.141. The van der Waals surface area contributed by atoms with Crippen LogP contribution in [0.1, 0.15) is 23.1 Å². The molecule has 0 saturated carbocycles. The molecule has 1 N–H and O–H groups in total. The molecule has 1 amide bonds. The first-order valence-electron chi connectivity index (χ1n) is 9.32. The van der Waals surface area contributed by atoms with E-state index >= 15 is 0 Å². The summed E-state index contributed by atoms with van der Waals surface area (Å²) in [4.78, 5) is 28.5. The van der Waals surface area contributed by atoms with Gasteiger partial charge in [-0.05, 0) is 60.5 Å². The average Bonchev–Trinajstić information content (AvgIpc) is 3.23. The van der Waals surface area contributed by atoms with E-state index in [0.29, 0.717) is 33.1 Å². The van der Waals surface area contributed by atoms with Crippen molar-refractivity contribution in [3.8, 4) is 11.1 Å². The molecule has 0 saturated heterocycles. The fraction of sp³-hybridized carbons (Fsp3) is 0.136. The van der Waals surface area contributed by atoms with Gasteiger partial charge in [0.25, 0.3) is 0 Å². The Hall–Kier alpha value is -3.66. The van der Waals surface area contributed by atoms with E-state index in [9.17, 15) is 18.0 Å². The van der Waals surface area contributed by atoms with Gasteiger partial charge < -0.3 is 5.32 Å². The summed E-state index contributed by atoms with van der Waals surface area (Å²) in [5, 5.41) is 4.41. The smallest absolute Gasteiger partial charge is 0.310 e. The second-order valence-corrected chi connectivity index (χ2v) is 7.46. The van der Waals surface area contributed by atoms with E-state index in [1.165, 1.54) is 17.4 Å². The average molecular weight is 457 g/mol. The quantitative estimate of drug-likeness (QED) is 0.476. The Bertz CT molecular complexity index is 1170. The molecule has 0 atom stereocenters. The molecular formula is C22H18F3N5OS. The van der Waals surface area contributed by atoms with E-state index in [1.807, 2.05) is 0 Å². The summed E-state index contributed by atoms with van der Waals surface area (Å²) in [6, 6.07) is 7.55. The number of halogens is 3. The molecule has 0 radical (unpaired) electrons. The van der Waals surface area contributed by atoms with E-state index in [2.05, 4.69) is 32.0 Å². The van der Waals surface area contributed by atoms with Crippen molar-refractivity contribution in [1.29, 1.82) is 0 Å². The Labute approximate surface area is 186 Å². The number of aromatic nitrogens is 2. The van der Waals surface area contributed by atoms with E-state index in [1.54, 1.807) is 49.1 Å². The van der Waals surface area contributed by atoms with Crippen LogP contribution in [0, 0.1) is 0 Å². The van der Waals surface area contributed by atoms with Crippen molar-refractivity contribution in [1.82, 2.24) is 9.97 Å². The zero-order valence-corrected chi connectivity index (χ0v) is 17.7. The summed E-state index contributed by atoms with van der Waals surface area (Å²) in [6.07, 6.45) is 1.39. The van der Waals surface area contributed by atoms with Crippen molar-refractivity contribution < 1.29 is 18.0 Å². The summed E-state index contributed by atoms with van der Waals surface area (Å²) in [5.74, 6) is 0.0689. The molecule has 0 spiro atoms. The fourth-order valence-corrected chi connectivity index (χ4v) is 3.60. The maximum Gasteiger partial charge on any atom is 0.433 e. The third-order valence-corrected chi connectivity index (χ3v) is 5.15. The number of rotatable bonds is 7. The lowest BCUT2D eigenvalue weighted by atomic mass is 10.1. The number of nitrogens with zero attached hydrogens (tertiary/aromatic N) is 4. The Kier molecular flexibility index (Phi) is 7.26. The van der Waals surface area contributed by atoms with Crippen LogP contribution < -0.4 is 5.32 Å². The second-order valence-electron chi connectivity index (χ2n) is 6.47. The highest BCUT2D eigenvalue weighted by Gasteiger charge is 2.32. The molecule has 32 heavy (non-hydrogen) atoms. The molecule has 164 valence electrons.